The lowest BCUT2D eigenvalue weighted by Gasteiger charge is -2.60. The first-order valence-corrected chi connectivity index (χ1v) is 9.16. The van der Waals surface area contributed by atoms with Crippen molar-refractivity contribution in [1.29, 1.82) is 0 Å². The molecule has 0 amide bonds. The zero-order valence-electron chi connectivity index (χ0n) is 14.1. The standard InChI is InChI=1S/C19H30O3/c1-14-15-6-8-18(13-20)7-4-3-5-16(18)17(15,2)9-10-19(14)21-11-12-22-19/h5,14-15,20H,3-4,6-13H2,1-2H3. The van der Waals surface area contributed by atoms with E-state index in [1.807, 2.05) is 0 Å². The SMILES string of the molecule is CC1C2CCC3(CO)CCCC=C3C2(C)CCC12OCCO2. The van der Waals surface area contributed by atoms with Crippen molar-refractivity contribution in [2.24, 2.45) is 22.7 Å². The molecule has 3 nitrogen and oxygen atoms in total. The number of hydrogen-bond donors (Lipinski definition) is 1. The summed E-state index contributed by atoms with van der Waals surface area (Å²) in [5.74, 6) is 0.732. The number of allylic oxidation sites excluding steroid dienone is 1. The fourth-order valence-corrected chi connectivity index (χ4v) is 6.30. The van der Waals surface area contributed by atoms with E-state index >= 15 is 0 Å². The Labute approximate surface area is 134 Å². The largest absolute Gasteiger partial charge is 0.395 e. The quantitative estimate of drug-likeness (QED) is 0.751. The van der Waals surface area contributed by atoms with E-state index in [2.05, 4.69) is 19.9 Å². The van der Waals surface area contributed by atoms with Crippen LogP contribution >= 0.6 is 0 Å². The first-order valence-electron chi connectivity index (χ1n) is 9.16. The molecule has 3 fully saturated rings. The molecule has 1 saturated heterocycles. The topological polar surface area (TPSA) is 38.7 Å². The highest BCUT2D eigenvalue weighted by Gasteiger charge is 2.60. The van der Waals surface area contributed by atoms with Gasteiger partial charge in [-0.2, -0.15) is 0 Å². The molecule has 4 rings (SSSR count). The molecule has 0 bridgehead atoms. The summed E-state index contributed by atoms with van der Waals surface area (Å²) in [5.41, 5.74) is 1.87. The maximum absolute atomic E-state index is 10.2. The first kappa shape index (κ1) is 15.2. The Balaban J connectivity index is 1.71. The molecule has 4 unspecified atom stereocenters. The lowest BCUT2D eigenvalue weighted by atomic mass is 9.46. The smallest absolute Gasteiger partial charge is 0.171 e. The number of aliphatic hydroxyl groups excluding tert-OH is 1. The zero-order chi connectivity index (χ0) is 15.4. The fraction of sp³-hybridized carbons (Fsp3) is 0.895. The van der Waals surface area contributed by atoms with Gasteiger partial charge in [-0.05, 0) is 49.9 Å². The van der Waals surface area contributed by atoms with E-state index in [9.17, 15) is 5.11 Å². The third kappa shape index (κ3) is 1.85. The van der Waals surface area contributed by atoms with Gasteiger partial charge in [0.05, 0.1) is 19.8 Å². The van der Waals surface area contributed by atoms with Crippen molar-refractivity contribution in [3.05, 3.63) is 11.6 Å². The first-order chi connectivity index (χ1) is 10.6. The summed E-state index contributed by atoms with van der Waals surface area (Å²) in [6.07, 6.45) is 10.5. The molecular weight excluding hydrogens is 276 g/mol. The number of ether oxygens (including phenoxy) is 2. The molecule has 0 aromatic rings. The Kier molecular flexibility index (Phi) is 3.49. The molecule has 2 saturated carbocycles. The van der Waals surface area contributed by atoms with E-state index in [4.69, 9.17) is 9.47 Å². The van der Waals surface area contributed by atoms with Crippen LogP contribution in [-0.4, -0.2) is 30.7 Å². The second-order valence-corrected chi connectivity index (χ2v) is 8.31. The van der Waals surface area contributed by atoms with Crippen molar-refractivity contribution in [3.63, 3.8) is 0 Å². The molecule has 0 radical (unpaired) electrons. The minimum absolute atomic E-state index is 0.0745. The van der Waals surface area contributed by atoms with Gasteiger partial charge >= 0.3 is 0 Å². The molecule has 4 atom stereocenters. The van der Waals surface area contributed by atoms with Crippen LogP contribution < -0.4 is 0 Å². The number of aliphatic hydroxyl groups is 1. The number of hydrogen-bond acceptors (Lipinski definition) is 3. The molecule has 1 aliphatic heterocycles. The van der Waals surface area contributed by atoms with Crippen LogP contribution in [-0.2, 0) is 9.47 Å². The highest BCUT2D eigenvalue weighted by Crippen LogP contribution is 2.65. The third-order valence-electron chi connectivity index (χ3n) is 7.52. The summed E-state index contributed by atoms with van der Waals surface area (Å²) < 4.78 is 12.2. The van der Waals surface area contributed by atoms with E-state index in [1.54, 1.807) is 5.57 Å². The average Bonchev–Trinajstić information content (AvgIpc) is 3.02. The monoisotopic (exact) mass is 306 g/mol. The van der Waals surface area contributed by atoms with E-state index in [1.165, 1.54) is 25.7 Å². The molecule has 3 heteroatoms. The van der Waals surface area contributed by atoms with Crippen LogP contribution in [0.5, 0.6) is 0 Å². The molecule has 1 heterocycles. The lowest BCUT2D eigenvalue weighted by molar-refractivity contribution is -0.244. The fourth-order valence-electron chi connectivity index (χ4n) is 6.30. The van der Waals surface area contributed by atoms with Crippen LogP contribution in [0.1, 0.15) is 58.8 Å². The van der Waals surface area contributed by atoms with Crippen molar-refractivity contribution < 1.29 is 14.6 Å². The zero-order valence-corrected chi connectivity index (χ0v) is 14.1. The predicted octanol–water partition coefficient (Wildman–Crippen LogP) is 3.66. The summed E-state index contributed by atoms with van der Waals surface area (Å²) in [6, 6.07) is 0. The van der Waals surface area contributed by atoms with Crippen LogP contribution in [0.4, 0.5) is 0 Å². The number of rotatable bonds is 1. The summed E-state index contributed by atoms with van der Waals surface area (Å²) in [7, 11) is 0. The molecule has 1 spiro atoms. The minimum Gasteiger partial charge on any atom is -0.395 e. The molecule has 22 heavy (non-hydrogen) atoms. The third-order valence-corrected chi connectivity index (χ3v) is 7.52. The van der Waals surface area contributed by atoms with E-state index in [-0.39, 0.29) is 16.6 Å². The van der Waals surface area contributed by atoms with E-state index in [0.29, 0.717) is 18.4 Å². The van der Waals surface area contributed by atoms with Gasteiger partial charge in [0, 0.05) is 17.8 Å². The van der Waals surface area contributed by atoms with Gasteiger partial charge in [0.2, 0.25) is 0 Å². The Hall–Kier alpha value is -0.380. The van der Waals surface area contributed by atoms with Crippen LogP contribution in [0.25, 0.3) is 0 Å². The Morgan fingerprint density at radius 2 is 1.95 bits per heavy atom. The van der Waals surface area contributed by atoms with Crippen molar-refractivity contribution in [3.8, 4) is 0 Å². The number of fused-ring (bicyclic) bond motifs is 3. The van der Waals surface area contributed by atoms with Crippen LogP contribution in [0, 0.1) is 22.7 Å². The molecule has 3 aliphatic carbocycles. The Morgan fingerprint density at radius 3 is 2.68 bits per heavy atom. The maximum Gasteiger partial charge on any atom is 0.171 e. The Bertz CT molecular complexity index is 479. The van der Waals surface area contributed by atoms with Crippen molar-refractivity contribution >= 4 is 0 Å². The molecule has 4 aliphatic rings. The van der Waals surface area contributed by atoms with Gasteiger partial charge in [-0.25, -0.2) is 0 Å². The van der Waals surface area contributed by atoms with Crippen LogP contribution in [0.3, 0.4) is 0 Å². The Morgan fingerprint density at radius 1 is 1.18 bits per heavy atom. The minimum atomic E-state index is -0.321. The molecular formula is C19H30O3. The van der Waals surface area contributed by atoms with Gasteiger partial charge in [0.15, 0.2) is 5.79 Å². The van der Waals surface area contributed by atoms with E-state index in [0.717, 1.165) is 32.5 Å². The second-order valence-electron chi connectivity index (χ2n) is 8.31. The maximum atomic E-state index is 10.2. The van der Waals surface area contributed by atoms with Gasteiger partial charge in [0.25, 0.3) is 0 Å². The van der Waals surface area contributed by atoms with Crippen molar-refractivity contribution in [2.75, 3.05) is 19.8 Å². The van der Waals surface area contributed by atoms with Crippen molar-refractivity contribution in [1.82, 2.24) is 0 Å². The molecule has 124 valence electrons. The normalized spacial score (nSPS) is 47.0. The van der Waals surface area contributed by atoms with Gasteiger partial charge in [-0.1, -0.05) is 25.5 Å². The lowest BCUT2D eigenvalue weighted by Crippen LogP contribution is -2.57. The predicted molar refractivity (Wildman–Crippen MR) is 85.3 cm³/mol. The molecule has 1 N–H and O–H groups in total. The summed E-state index contributed by atoms with van der Waals surface area (Å²) in [5, 5.41) is 10.2. The van der Waals surface area contributed by atoms with Gasteiger partial charge in [-0.15, -0.1) is 0 Å². The van der Waals surface area contributed by atoms with Crippen molar-refractivity contribution in [2.45, 2.75) is 64.6 Å². The summed E-state index contributed by atoms with van der Waals surface area (Å²) >= 11 is 0. The van der Waals surface area contributed by atoms with Gasteiger partial charge < -0.3 is 14.6 Å². The molecule has 0 aromatic heterocycles. The molecule has 0 aromatic carbocycles. The van der Waals surface area contributed by atoms with Crippen LogP contribution in [0.15, 0.2) is 11.6 Å². The average molecular weight is 306 g/mol. The van der Waals surface area contributed by atoms with Gasteiger partial charge in [-0.3, -0.25) is 0 Å². The highest BCUT2D eigenvalue weighted by molar-refractivity contribution is 5.30. The summed E-state index contributed by atoms with van der Waals surface area (Å²) in [4.78, 5) is 0. The summed E-state index contributed by atoms with van der Waals surface area (Å²) in [6.45, 7) is 6.61. The highest BCUT2D eigenvalue weighted by atomic mass is 16.7. The van der Waals surface area contributed by atoms with Gasteiger partial charge in [0.1, 0.15) is 0 Å². The van der Waals surface area contributed by atoms with E-state index < -0.39 is 0 Å². The second kappa shape index (κ2) is 5.06. The van der Waals surface area contributed by atoms with Crippen LogP contribution in [0.2, 0.25) is 0 Å².